The monoisotopic (exact) mass is 367 g/mol. The molecule has 9 heteroatoms. The minimum absolute atomic E-state index is 0.260. The molecule has 3 heterocycles. The Hall–Kier alpha value is -3.62. The lowest BCUT2D eigenvalue weighted by Crippen LogP contribution is -2.17. The van der Waals surface area contributed by atoms with Gasteiger partial charge in [0, 0.05) is 23.5 Å². The lowest BCUT2D eigenvalue weighted by Gasteiger charge is -2.19. The number of aromatic amines is 1. The topological polar surface area (TPSA) is 111 Å². The van der Waals surface area contributed by atoms with E-state index in [9.17, 15) is 9.59 Å². The van der Waals surface area contributed by atoms with Gasteiger partial charge in [0.05, 0.1) is 17.5 Å². The molecule has 0 atom stereocenters. The summed E-state index contributed by atoms with van der Waals surface area (Å²) in [7, 11) is 0. The van der Waals surface area contributed by atoms with Gasteiger partial charge in [-0.2, -0.15) is 5.10 Å². The van der Waals surface area contributed by atoms with E-state index in [1.807, 2.05) is 0 Å². The van der Waals surface area contributed by atoms with E-state index in [1.165, 1.54) is 16.9 Å². The number of aryl methyl sites for hydroxylation is 1. The highest BCUT2D eigenvalue weighted by atomic mass is 16.6. The number of fused-ring (bicyclic) bond motifs is 1. The zero-order chi connectivity index (χ0) is 19.0. The van der Waals surface area contributed by atoms with Gasteiger partial charge >= 0.3 is 0 Å². The fourth-order valence-electron chi connectivity index (χ4n) is 2.83. The molecule has 138 valence electrons. The number of H-pyrrole nitrogens is 1. The molecule has 3 aromatic rings. The summed E-state index contributed by atoms with van der Waals surface area (Å²) in [5, 5.41) is 7.00. The Kier molecular flexibility index (Phi) is 4.11. The van der Waals surface area contributed by atoms with Gasteiger partial charge in [-0.25, -0.2) is 9.67 Å². The molecule has 1 aliphatic rings. The van der Waals surface area contributed by atoms with Gasteiger partial charge in [0.2, 0.25) is 5.95 Å². The Balaban J connectivity index is 1.60. The van der Waals surface area contributed by atoms with E-state index in [4.69, 9.17) is 9.47 Å². The van der Waals surface area contributed by atoms with Crippen molar-refractivity contribution < 1.29 is 14.3 Å². The van der Waals surface area contributed by atoms with Crippen LogP contribution in [0.25, 0.3) is 5.95 Å². The molecule has 27 heavy (non-hydrogen) atoms. The van der Waals surface area contributed by atoms with E-state index in [2.05, 4.69) is 20.4 Å². The number of nitrogens with one attached hydrogen (secondary N) is 2. The second kappa shape index (κ2) is 6.60. The lowest BCUT2D eigenvalue weighted by atomic mass is 10.2. The van der Waals surface area contributed by atoms with E-state index in [0.717, 1.165) is 0 Å². The largest absolute Gasteiger partial charge is 0.486 e. The smallest absolute Gasteiger partial charge is 0.259 e. The van der Waals surface area contributed by atoms with Crippen molar-refractivity contribution in [3.05, 3.63) is 57.8 Å². The molecule has 0 saturated heterocycles. The number of hydrogen-bond acceptors (Lipinski definition) is 6. The van der Waals surface area contributed by atoms with Crippen LogP contribution in [0, 0.1) is 13.8 Å². The van der Waals surface area contributed by atoms with Gasteiger partial charge in [0.1, 0.15) is 13.2 Å². The maximum absolute atomic E-state index is 12.7. The van der Waals surface area contributed by atoms with Crippen molar-refractivity contribution in [2.24, 2.45) is 0 Å². The van der Waals surface area contributed by atoms with Crippen molar-refractivity contribution >= 4 is 11.6 Å². The molecule has 0 bridgehead atoms. The molecule has 0 fully saturated rings. The molecular weight excluding hydrogens is 350 g/mol. The molecule has 1 aromatic carbocycles. The quantitative estimate of drug-likeness (QED) is 0.727. The summed E-state index contributed by atoms with van der Waals surface area (Å²) in [6.45, 7) is 4.42. The van der Waals surface area contributed by atoms with Crippen molar-refractivity contribution in [1.29, 1.82) is 0 Å². The highest BCUT2D eigenvalue weighted by molar-refractivity contribution is 6.05. The lowest BCUT2D eigenvalue weighted by molar-refractivity contribution is 0.102. The van der Waals surface area contributed by atoms with Crippen LogP contribution in [0.1, 0.15) is 21.7 Å². The summed E-state index contributed by atoms with van der Waals surface area (Å²) in [5.74, 6) is 1.17. The first-order valence-electron chi connectivity index (χ1n) is 8.35. The van der Waals surface area contributed by atoms with Crippen molar-refractivity contribution in [3.63, 3.8) is 0 Å². The SMILES string of the molecule is Cc1cc(=O)[nH]c(-n2ncc(C(=O)Nc3ccc4c(c3)OCCO4)c2C)n1. The van der Waals surface area contributed by atoms with Crippen LogP contribution < -0.4 is 20.3 Å². The number of carbonyl (C=O) groups is 1. The van der Waals surface area contributed by atoms with Crippen molar-refractivity contribution in [1.82, 2.24) is 19.7 Å². The molecule has 0 saturated carbocycles. The van der Waals surface area contributed by atoms with Crippen LogP contribution in [0.5, 0.6) is 11.5 Å². The second-order valence-electron chi connectivity index (χ2n) is 6.08. The number of amides is 1. The number of carbonyl (C=O) groups excluding carboxylic acids is 1. The Bertz CT molecular complexity index is 1090. The van der Waals surface area contributed by atoms with E-state index < -0.39 is 0 Å². The Labute approximate surface area is 154 Å². The molecule has 1 aliphatic heterocycles. The summed E-state index contributed by atoms with van der Waals surface area (Å²) in [4.78, 5) is 31.2. The van der Waals surface area contributed by atoms with Gasteiger partial charge in [-0.1, -0.05) is 0 Å². The fraction of sp³-hybridized carbons (Fsp3) is 0.222. The van der Waals surface area contributed by atoms with Crippen molar-refractivity contribution in [2.45, 2.75) is 13.8 Å². The van der Waals surface area contributed by atoms with Crippen LogP contribution in [0.4, 0.5) is 5.69 Å². The van der Waals surface area contributed by atoms with E-state index in [-0.39, 0.29) is 17.4 Å². The van der Waals surface area contributed by atoms with E-state index >= 15 is 0 Å². The molecule has 9 nitrogen and oxygen atoms in total. The highest BCUT2D eigenvalue weighted by Crippen LogP contribution is 2.32. The van der Waals surface area contributed by atoms with Gasteiger partial charge in [-0.15, -0.1) is 0 Å². The number of ether oxygens (including phenoxy) is 2. The minimum Gasteiger partial charge on any atom is -0.486 e. The first-order valence-corrected chi connectivity index (χ1v) is 8.35. The summed E-state index contributed by atoms with van der Waals surface area (Å²) in [5.41, 5.74) is 1.78. The molecule has 1 amide bonds. The first-order chi connectivity index (χ1) is 13.0. The number of hydrogen-bond donors (Lipinski definition) is 2. The van der Waals surface area contributed by atoms with Crippen LogP contribution in [-0.4, -0.2) is 38.9 Å². The number of nitrogens with zero attached hydrogens (tertiary/aromatic N) is 3. The summed E-state index contributed by atoms with van der Waals surface area (Å²) >= 11 is 0. The van der Waals surface area contributed by atoms with E-state index in [0.29, 0.717) is 47.4 Å². The molecule has 0 unspecified atom stereocenters. The molecule has 2 aromatic heterocycles. The predicted octanol–water partition coefficient (Wildman–Crippen LogP) is 1.60. The van der Waals surface area contributed by atoms with Gasteiger partial charge in [-0.05, 0) is 26.0 Å². The van der Waals surface area contributed by atoms with Gasteiger partial charge in [-0.3, -0.25) is 14.6 Å². The third kappa shape index (κ3) is 3.26. The van der Waals surface area contributed by atoms with Crippen LogP contribution >= 0.6 is 0 Å². The first kappa shape index (κ1) is 16.8. The average Bonchev–Trinajstić information content (AvgIpc) is 3.02. The summed E-state index contributed by atoms with van der Waals surface area (Å²) in [6.07, 6.45) is 1.44. The van der Waals surface area contributed by atoms with Gasteiger partial charge < -0.3 is 14.8 Å². The normalized spacial score (nSPS) is 12.7. The molecule has 2 N–H and O–H groups in total. The van der Waals surface area contributed by atoms with Crippen LogP contribution in [0.15, 0.2) is 35.3 Å². The minimum atomic E-state index is -0.328. The van der Waals surface area contributed by atoms with Crippen molar-refractivity contribution in [2.75, 3.05) is 18.5 Å². The number of aromatic nitrogens is 4. The maximum atomic E-state index is 12.7. The van der Waals surface area contributed by atoms with Gasteiger partial charge in [0.15, 0.2) is 11.5 Å². The van der Waals surface area contributed by atoms with Crippen LogP contribution in [0.3, 0.4) is 0 Å². The molecule has 0 aliphatic carbocycles. The average molecular weight is 367 g/mol. The molecule has 0 spiro atoms. The summed E-state index contributed by atoms with van der Waals surface area (Å²) < 4.78 is 12.4. The standard InChI is InChI=1S/C18H17N5O4/c1-10-7-16(24)22-18(20-10)23-11(2)13(9-19-23)17(25)21-12-3-4-14-15(8-12)27-6-5-26-14/h3-4,7-9H,5-6H2,1-2H3,(H,21,25)(H,20,22,24). The maximum Gasteiger partial charge on any atom is 0.259 e. The Morgan fingerprint density at radius 3 is 2.74 bits per heavy atom. The highest BCUT2D eigenvalue weighted by Gasteiger charge is 2.18. The zero-order valence-electron chi connectivity index (χ0n) is 14.8. The molecular formula is C18H17N5O4. The van der Waals surface area contributed by atoms with Gasteiger partial charge in [0.25, 0.3) is 11.5 Å². The molecule has 0 radical (unpaired) electrons. The number of benzene rings is 1. The fourth-order valence-corrected chi connectivity index (χ4v) is 2.83. The summed E-state index contributed by atoms with van der Waals surface area (Å²) in [6, 6.07) is 6.59. The third-order valence-corrected chi connectivity index (χ3v) is 4.11. The Morgan fingerprint density at radius 1 is 1.19 bits per heavy atom. The number of anilines is 1. The third-order valence-electron chi connectivity index (χ3n) is 4.11. The predicted molar refractivity (Wildman–Crippen MR) is 96.8 cm³/mol. The van der Waals surface area contributed by atoms with E-state index in [1.54, 1.807) is 32.0 Å². The zero-order valence-corrected chi connectivity index (χ0v) is 14.8. The molecule has 4 rings (SSSR count). The Morgan fingerprint density at radius 2 is 1.96 bits per heavy atom. The number of rotatable bonds is 3. The van der Waals surface area contributed by atoms with Crippen LogP contribution in [-0.2, 0) is 0 Å². The van der Waals surface area contributed by atoms with Crippen molar-refractivity contribution in [3.8, 4) is 17.4 Å². The second-order valence-corrected chi connectivity index (χ2v) is 6.08. The van der Waals surface area contributed by atoms with Crippen LogP contribution in [0.2, 0.25) is 0 Å².